The van der Waals surface area contributed by atoms with E-state index in [1.165, 1.54) is 4.88 Å². The van der Waals surface area contributed by atoms with E-state index < -0.39 is 0 Å². The number of aromatic nitrogens is 1. The maximum absolute atomic E-state index is 12.1. The summed E-state index contributed by atoms with van der Waals surface area (Å²) in [4.78, 5) is 17.7. The molecule has 2 heterocycles. The van der Waals surface area contributed by atoms with Gasteiger partial charge in [-0.15, -0.1) is 11.3 Å². The lowest BCUT2D eigenvalue weighted by atomic mass is 9.98. The summed E-state index contributed by atoms with van der Waals surface area (Å²) in [5.74, 6) is 0.288. The fourth-order valence-corrected chi connectivity index (χ4v) is 3.35. The lowest BCUT2D eigenvalue weighted by Crippen LogP contribution is -2.41. The van der Waals surface area contributed by atoms with Gasteiger partial charge in [0.05, 0.1) is 22.7 Å². The molecule has 1 saturated heterocycles. The zero-order valence-electron chi connectivity index (χ0n) is 11.2. The summed E-state index contributed by atoms with van der Waals surface area (Å²) in [6.07, 6.45) is 2.08. The van der Waals surface area contributed by atoms with Crippen molar-refractivity contribution in [2.45, 2.75) is 39.7 Å². The summed E-state index contributed by atoms with van der Waals surface area (Å²) in [5.41, 5.74) is 1.03. The van der Waals surface area contributed by atoms with Crippen LogP contribution in [0.15, 0.2) is 0 Å². The normalized spacial score (nSPS) is 21.6. The molecule has 2 atom stereocenters. The molecule has 1 fully saturated rings. The van der Waals surface area contributed by atoms with Crippen molar-refractivity contribution < 1.29 is 4.79 Å². The van der Waals surface area contributed by atoms with Gasteiger partial charge >= 0.3 is 0 Å². The lowest BCUT2D eigenvalue weighted by molar-refractivity contribution is -0.126. The monoisotopic (exact) mass is 267 g/mol. The number of hydrogen-bond acceptors (Lipinski definition) is 4. The summed E-state index contributed by atoms with van der Waals surface area (Å²) in [6, 6.07) is 0.0608. The second-order valence-electron chi connectivity index (χ2n) is 4.96. The zero-order chi connectivity index (χ0) is 13.1. The molecule has 1 aliphatic heterocycles. The molecule has 0 spiro atoms. The van der Waals surface area contributed by atoms with Crippen molar-refractivity contribution in [3.63, 3.8) is 0 Å². The zero-order valence-corrected chi connectivity index (χ0v) is 12.1. The third kappa shape index (κ3) is 3.09. The molecule has 1 unspecified atom stereocenters. The number of nitrogens with zero attached hydrogens (tertiary/aromatic N) is 1. The Balaban J connectivity index is 1.96. The van der Waals surface area contributed by atoms with Gasteiger partial charge in [0.15, 0.2) is 0 Å². The Morgan fingerprint density at radius 3 is 2.89 bits per heavy atom. The molecule has 2 rings (SSSR count). The van der Waals surface area contributed by atoms with Crippen LogP contribution in [0.2, 0.25) is 0 Å². The van der Waals surface area contributed by atoms with Crippen molar-refractivity contribution >= 4 is 17.2 Å². The van der Waals surface area contributed by atoms with Crippen molar-refractivity contribution in [3.8, 4) is 0 Å². The Labute approximate surface area is 112 Å². The molecular weight excluding hydrogens is 246 g/mol. The van der Waals surface area contributed by atoms with E-state index in [2.05, 4.69) is 15.6 Å². The number of hydrogen-bond donors (Lipinski definition) is 2. The highest BCUT2D eigenvalue weighted by molar-refractivity contribution is 7.11. The molecule has 18 heavy (non-hydrogen) atoms. The van der Waals surface area contributed by atoms with Gasteiger partial charge in [0.1, 0.15) is 0 Å². The fraction of sp³-hybridized carbons (Fsp3) is 0.692. The summed E-state index contributed by atoms with van der Waals surface area (Å²) >= 11 is 1.67. The first-order valence-corrected chi connectivity index (χ1v) is 7.34. The smallest absolute Gasteiger partial charge is 0.224 e. The van der Waals surface area contributed by atoms with E-state index in [1.807, 2.05) is 20.8 Å². The van der Waals surface area contributed by atoms with Crippen LogP contribution in [-0.2, 0) is 4.79 Å². The summed E-state index contributed by atoms with van der Waals surface area (Å²) < 4.78 is 0. The number of piperidine rings is 1. The van der Waals surface area contributed by atoms with Crippen LogP contribution in [0, 0.1) is 19.8 Å². The number of aryl methyl sites for hydroxylation is 2. The van der Waals surface area contributed by atoms with Gasteiger partial charge in [-0.3, -0.25) is 4.79 Å². The summed E-state index contributed by atoms with van der Waals surface area (Å²) in [7, 11) is 0. The molecular formula is C13H21N3OS. The van der Waals surface area contributed by atoms with Gasteiger partial charge in [-0.05, 0) is 40.2 Å². The average molecular weight is 267 g/mol. The molecule has 1 aromatic heterocycles. The van der Waals surface area contributed by atoms with Crippen molar-refractivity contribution in [2.24, 2.45) is 5.92 Å². The molecule has 1 aliphatic rings. The molecule has 2 N–H and O–H groups in total. The van der Waals surface area contributed by atoms with Gasteiger partial charge < -0.3 is 10.6 Å². The van der Waals surface area contributed by atoms with Crippen LogP contribution in [0.5, 0.6) is 0 Å². The van der Waals surface area contributed by atoms with Crippen LogP contribution in [-0.4, -0.2) is 24.0 Å². The maximum Gasteiger partial charge on any atom is 0.224 e. The first kappa shape index (κ1) is 13.5. The molecule has 0 saturated carbocycles. The third-order valence-electron chi connectivity index (χ3n) is 3.36. The van der Waals surface area contributed by atoms with E-state index in [-0.39, 0.29) is 17.9 Å². The number of carbonyl (C=O) groups is 1. The van der Waals surface area contributed by atoms with Crippen molar-refractivity contribution in [1.82, 2.24) is 15.6 Å². The van der Waals surface area contributed by atoms with E-state index >= 15 is 0 Å². The Hall–Kier alpha value is -0.940. The Bertz CT molecular complexity index is 424. The minimum absolute atomic E-state index is 0.0608. The highest BCUT2D eigenvalue weighted by atomic mass is 32.1. The van der Waals surface area contributed by atoms with Crippen molar-refractivity contribution in [3.05, 3.63) is 15.6 Å². The first-order valence-electron chi connectivity index (χ1n) is 6.53. The van der Waals surface area contributed by atoms with Crippen LogP contribution in [0.4, 0.5) is 0 Å². The molecule has 0 radical (unpaired) electrons. The molecule has 5 heteroatoms. The number of rotatable bonds is 3. The molecule has 0 aliphatic carbocycles. The molecule has 1 aromatic rings. The van der Waals surface area contributed by atoms with Gasteiger partial charge in [-0.25, -0.2) is 4.98 Å². The quantitative estimate of drug-likeness (QED) is 0.880. The van der Waals surface area contributed by atoms with E-state index in [0.29, 0.717) is 0 Å². The highest BCUT2D eigenvalue weighted by Crippen LogP contribution is 2.25. The summed E-state index contributed by atoms with van der Waals surface area (Å²) in [5, 5.41) is 7.44. The Morgan fingerprint density at radius 2 is 2.33 bits per heavy atom. The van der Waals surface area contributed by atoms with Crippen molar-refractivity contribution in [2.75, 3.05) is 13.1 Å². The molecule has 0 aromatic carbocycles. The van der Waals surface area contributed by atoms with Crippen LogP contribution in [0.25, 0.3) is 0 Å². The fourth-order valence-electron chi connectivity index (χ4n) is 2.42. The second-order valence-corrected chi connectivity index (χ2v) is 6.19. The number of amides is 1. The largest absolute Gasteiger partial charge is 0.348 e. The van der Waals surface area contributed by atoms with Crippen LogP contribution in [0.1, 0.15) is 41.4 Å². The minimum atomic E-state index is 0.0608. The predicted molar refractivity (Wildman–Crippen MR) is 73.7 cm³/mol. The Kier molecular flexibility index (Phi) is 4.35. The average Bonchev–Trinajstić information content (AvgIpc) is 2.69. The van der Waals surface area contributed by atoms with Gasteiger partial charge in [0.25, 0.3) is 0 Å². The highest BCUT2D eigenvalue weighted by Gasteiger charge is 2.23. The lowest BCUT2D eigenvalue weighted by Gasteiger charge is -2.23. The Morgan fingerprint density at radius 1 is 1.56 bits per heavy atom. The van der Waals surface area contributed by atoms with Crippen LogP contribution >= 0.6 is 11.3 Å². The van der Waals surface area contributed by atoms with Crippen molar-refractivity contribution in [1.29, 1.82) is 0 Å². The molecule has 0 bridgehead atoms. The van der Waals surface area contributed by atoms with E-state index in [9.17, 15) is 4.79 Å². The maximum atomic E-state index is 12.1. The van der Waals surface area contributed by atoms with E-state index in [4.69, 9.17) is 0 Å². The van der Waals surface area contributed by atoms with Gasteiger partial charge in [-0.1, -0.05) is 0 Å². The number of nitrogens with one attached hydrogen (secondary N) is 2. The standard InChI is InChI=1S/C13H21N3OS/c1-8-12(18-10(3)15-8)9(2)16-13(17)11-5-4-6-14-7-11/h9,11,14H,4-7H2,1-3H3,(H,16,17)/t9?,11-/m1/s1. The molecule has 4 nitrogen and oxygen atoms in total. The van der Waals surface area contributed by atoms with Crippen LogP contribution < -0.4 is 10.6 Å². The third-order valence-corrected chi connectivity index (χ3v) is 4.61. The second kappa shape index (κ2) is 5.80. The molecule has 1 amide bonds. The first-order chi connectivity index (χ1) is 8.58. The van der Waals surface area contributed by atoms with Gasteiger partial charge in [-0.2, -0.15) is 0 Å². The SMILES string of the molecule is Cc1nc(C)c(C(C)NC(=O)[C@@H]2CCCNC2)s1. The summed E-state index contributed by atoms with van der Waals surface area (Å²) in [6.45, 7) is 7.88. The van der Waals surface area contributed by atoms with E-state index in [0.717, 1.165) is 36.6 Å². The number of carbonyl (C=O) groups excluding carboxylic acids is 1. The minimum Gasteiger partial charge on any atom is -0.348 e. The van der Waals surface area contributed by atoms with Crippen LogP contribution in [0.3, 0.4) is 0 Å². The molecule has 100 valence electrons. The van der Waals surface area contributed by atoms with Gasteiger partial charge in [0, 0.05) is 11.4 Å². The van der Waals surface area contributed by atoms with Gasteiger partial charge in [0.2, 0.25) is 5.91 Å². The van der Waals surface area contributed by atoms with E-state index in [1.54, 1.807) is 11.3 Å². The predicted octanol–water partition coefficient (Wildman–Crippen LogP) is 1.94. The number of thiazole rings is 1. The topological polar surface area (TPSA) is 54.0 Å².